The number of aromatic amines is 1. The second-order valence-electron chi connectivity index (χ2n) is 5.29. The number of hydrogen-bond donors (Lipinski definition) is 3. The van der Waals surface area contributed by atoms with E-state index in [1.54, 1.807) is 12.1 Å². The van der Waals surface area contributed by atoms with Crippen molar-refractivity contribution in [2.45, 2.75) is 26.2 Å². The first-order valence-electron chi connectivity index (χ1n) is 7.04. The number of aromatic hydroxyl groups is 1. The molecule has 0 saturated carbocycles. The first-order chi connectivity index (χ1) is 10.1. The van der Waals surface area contributed by atoms with Gasteiger partial charge in [0.25, 0.3) is 0 Å². The summed E-state index contributed by atoms with van der Waals surface area (Å²) in [7, 11) is 0. The van der Waals surface area contributed by atoms with Gasteiger partial charge in [0.2, 0.25) is 0 Å². The van der Waals surface area contributed by atoms with E-state index in [-0.39, 0.29) is 5.75 Å². The van der Waals surface area contributed by atoms with Crippen LogP contribution in [0.15, 0.2) is 30.3 Å². The SMILES string of the molecule is CCC(C)c1cc(-c2cccc(O)c2)c2c(N)n[nH]c2n1. The van der Waals surface area contributed by atoms with E-state index >= 15 is 0 Å². The molecule has 0 radical (unpaired) electrons. The summed E-state index contributed by atoms with van der Waals surface area (Å²) in [6.07, 6.45) is 1.00. The van der Waals surface area contributed by atoms with Crippen molar-refractivity contribution >= 4 is 16.9 Å². The molecule has 0 fully saturated rings. The minimum absolute atomic E-state index is 0.226. The smallest absolute Gasteiger partial charge is 0.158 e. The summed E-state index contributed by atoms with van der Waals surface area (Å²) in [4.78, 5) is 4.61. The van der Waals surface area contributed by atoms with Crippen LogP contribution in [-0.4, -0.2) is 20.3 Å². The maximum absolute atomic E-state index is 9.72. The van der Waals surface area contributed by atoms with E-state index in [0.29, 0.717) is 17.4 Å². The van der Waals surface area contributed by atoms with Gasteiger partial charge in [0.15, 0.2) is 11.5 Å². The van der Waals surface area contributed by atoms with Crippen LogP contribution in [-0.2, 0) is 0 Å². The van der Waals surface area contributed by atoms with Gasteiger partial charge in [-0.1, -0.05) is 26.0 Å². The molecular formula is C16H18N4O. The van der Waals surface area contributed by atoms with Gasteiger partial charge in [-0.2, -0.15) is 5.10 Å². The van der Waals surface area contributed by atoms with Crippen molar-refractivity contribution in [3.63, 3.8) is 0 Å². The third-order valence-electron chi connectivity index (χ3n) is 3.85. The number of H-pyrrole nitrogens is 1. The Balaban J connectivity index is 2.30. The number of nitrogens with two attached hydrogens (primary N) is 1. The summed E-state index contributed by atoms with van der Waals surface area (Å²) in [5.41, 5.74) is 9.49. The Morgan fingerprint density at radius 2 is 2.14 bits per heavy atom. The number of aromatic nitrogens is 3. The zero-order valence-electron chi connectivity index (χ0n) is 12.1. The molecule has 1 unspecified atom stereocenters. The van der Waals surface area contributed by atoms with Crippen LogP contribution < -0.4 is 5.73 Å². The molecule has 1 atom stereocenters. The Kier molecular flexibility index (Phi) is 3.25. The molecule has 5 nitrogen and oxygen atoms in total. The molecule has 0 aliphatic rings. The van der Waals surface area contributed by atoms with Crippen molar-refractivity contribution in [2.75, 3.05) is 5.73 Å². The van der Waals surface area contributed by atoms with Crippen LogP contribution in [0.4, 0.5) is 5.82 Å². The van der Waals surface area contributed by atoms with Gasteiger partial charge in [-0.25, -0.2) is 4.98 Å². The van der Waals surface area contributed by atoms with Crippen molar-refractivity contribution in [3.8, 4) is 16.9 Å². The van der Waals surface area contributed by atoms with Gasteiger partial charge < -0.3 is 10.8 Å². The van der Waals surface area contributed by atoms with Crippen LogP contribution in [0.25, 0.3) is 22.2 Å². The fraction of sp³-hybridized carbons (Fsp3) is 0.250. The maximum atomic E-state index is 9.72. The molecule has 1 aromatic carbocycles. The van der Waals surface area contributed by atoms with Gasteiger partial charge in [-0.3, -0.25) is 5.10 Å². The average Bonchev–Trinajstić information content (AvgIpc) is 2.87. The standard InChI is InChI=1S/C16H18N4O/c1-3-9(2)13-8-12(10-5-4-6-11(21)7-10)14-15(17)19-20-16(14)18-13/h4-9,21H,3H2,1-2H3,(H3,17,18,19,20). The minimum Gasteiger partial charge on any atom is -0.508 e. The number of anilines is 1. The first-order valence-corrected chi connectivity index (χ1v) is 7.04. The van der Waals surface area contributed by atoms with Gasteiger partial charge in [0.05, 0.1) is 5.39 Å². The molecule has 2 heterocycles. The normalized spacial score (nSPS) is 12.7. The molecule has 2 aromatic heterocycles. The Hall–Kier alpha value is -2.56. The van der Waals surface area contributed by atoms with Crippen LogP contribution in [0.2, 0.25) is 0 Å². The Labute approximate surface area is 122 Å². The molecule has 5 heteroatoms. The van der Waals surface area contributed by atoms with Crippen molar-refractivity contribution in [1.29, 1.82) is 0 Å². The lowest BCUT2D eigenvalue weighted by Crippen LogP contribution is -1.98. The summed E-state index contributed by atoms with van der Waals surface area (Å²) in [5.74, 6) is 0.992. The third-order valence-corrected chi connectivity index (χ3v) is 3.85. The molecule has 4 N–H and O–H groups in total. The molecule has 0 amide bonds. The second-order valence-corrected chi connectivity index (χ2v) is 5.29. The molecule has 0 spiro atoms. The summed E-state index contributed by atoms with van der Waals surface area (Å²) in [6, 6.07) is 9.17. The molecule has 0 bridgehead atoms. The fourth-order valence-electron chi connectivity index (χ4n) is 2.44. The summed E-state index contributed by atoms with van der Waals surface area (Å²) in [5, 5.41) is 17.5. The fourth-order valence-corrected chi connectivity index (χ4v) is 2.44. The molecule has 3 aromatic rings. The van der Waals surface area contributed by atoms with E-state index in [4.69, 9.17) is 5.73 Å². The summed E-state index contributed by atoms with van der Waals surface area (Å²) < 4.78 is 0. The first kappa shape index (κ1) is 13.4. The van der Waals surface area contributed by atoms with Crippen molar-refractivity contribution in [3.05, 3.63) is 36.0 Å². The highest BCUT2D eigenvalue weighted by Crippen LogP contribution is 2.34. The molecular weight excluding hydrogens is 264 g/mol. The van der Waals surface area contributed by atoms with E-state index in [9.17, 15) is 5.11 Å². The minimum atomic E-state index is 0.226. The Morgan fingerprint density at radius 1 is 1.33 bits per heavy atom. The molecule has 0 aliphatic carbocycles. The van der Waals surface area contributed by atoms with E-state index < -0.39 is 0 Å². The van der Waals surface area contributed by atoms with E-state index in [1.165, 1.54) is 0 Å². The predicted octanol–water partition coefficient (Wildman–Crippen LogP) is 3.43. The van der Waals surface area contributed by atoms with E-state index in [0.717, 1.165) is 28.6 Å². The number of rotatable bonds is 3. The molecule has 0 aliphatic heterocycles. The van der Waals surface area contributed by atoms with Crippen LogP contribution >= 0.6 is 0 Å². The van der Waals surface area contributed by atoms with Gasteiger partial charge in [-0.15, -0.1) is 0 Å². The van der Waals surface area contributed by atoms with E-state index in [1.807, 2.05) is 18.2 Å². The van der Waals surface area contributed by atoms with Crippen molar-refractivity contribution in [1.82, 2.24) is 15.2 Å². The van der Waals surface area contributed by atoms with Crippen LogP contribution in [0.3, 0.4) is 0 Å². The number of nitrogens with zero attached hydrogens (tertiary/aromatic N) is 2. The van der Waals surface area contributed by atoms with Crippen LogP contribution in [0.5, 0.6) is 5.75 Å². The molecule has 108 valence electrons. The highest BCUT2D eigenvalue weighted by Gasteiger charge is 2.16. The Morgan fingerprint density at radius 3 is 2.86 bits per heavy atom. The lowest BCUT2D eigenvalue weighted by molar-refractivity contribution is 0.475. The number of pyridine rings is 1. The van der Waals surface area contributed by atoms with E-state index in [2.05, 4.69) is 29.0 Å². The van der Waals surface area contributed by atoms with Gasteiger partial charge >= 0.3 is 0 Å². The molecule has 0 saturated heterocycles. The number of hydrogen-bond acceptors (Lipinski definition) is 4. The van der Waals surface area contributed by atoms with Crippen molar-refractivity contribution < 1.29 is 5.11 Å². The van der Waals surface area contributed by atoms with Gasteiger partial charge in [0, 0.05) is 5.69 Å². The lowest BCUT2D eigenvalue weighted by Gasteiger charge is -2.12. The quantitative estimate of drug-likeness (QED) is 0.686. The van der Waals surface area contributed by atoms with Crippen molar-refractivity contribution in [2.24, 2.45) is 0 Å². The van der Waals surface area contributed by atoms with Crippen LogP contribution in [0, 0.1) is 0 Å². The monoisotopic (exact) mass is 282 g/mol. The second kappa shape index (κ2) is 5.09. The zero-order chi connectivity index (χ0) is 15.0. The van der Waals surface area contributed by atoms with Crippen LogP contribution in [0.1, 0.15) is 31.9 Å². The lowest BCUT2D eigenvalue weighted by atomic mass is 9.97. The summed E-state index contributed by atoms with van der Waals surface area (Å²) in [6.45, 7) is 4.27. The topological polar surface area (TPSA) is 87.8 Å². The third kappa shape index (κ3) is 2.31. The highest BCUT2D eigenvalue weighted by atomic mass is 16.3. The Bertz CT molecular complexity index is 794. The average molecular weight is 282 g/mol. The number of fused-ring (bicyclic) bond motifs is 1. The van der Waals surface area contributed by atoms with Gasteiger partial charge in [0.1, 0.15) is 5.75 Å². The predicted molar refractivity (Wildman–Crippen MR) is 84.1 cm³/mol. The number of phenols is 1. The largest absolute Gasteiger partial charge is 0.508 e. The number of nitrogens with one attached hydrogen (secondary N) is 1. The number of benzene rings is 1. The summed E-state index contributed by atoms with van der Waals surface area (Å²) >= 11 is 0. The number of nitrogen functional groups attached to an aromatic ring is 1. The van der Waals surface area contributed by atoms with Gasteiger partial charge in [-0.05, 0) is 41.7 Å². The maximum Gasteiger partial charge on any atom is 0.158 e. The molecule has 3 rings (SSSR count). The molecule has 21 heavy (non-hydrogen) atoms. The number of phenolic OH excluding ortho intramolecular Hbond substituents is 1. The highest BCUT2D eigenvalue weighted by molar-refractivity contribution is 6.00. The zero-order valence-corrected chi connectivity index (χ0v) is 12.1.